The maximum Gasteiger partial charge on any atom is 0.0885 e. The van der Waals surface area contributed by atoms with Crippen molar-refractivity contribution in [2.24, 2.45) is 18.9 Å². The summed E-state index contributed by atoms with van der Waals surface area (Å²) in [7, 11) is 1.91. The Hall–Kier alpha value is -0.860. The molecular weight excluding hydrogens is 174 g/mol. The van der Waals surface area contributed by atoms with Crippen LogP contribution in [0.5, 0.6) is 0 Å². The molecular formula is C11H21N3. The minimum atomic E-state index is 0.0996. The zero-order chi connectivity index (χ0) is 10.9. The van der Waals surface area contributed by atoms with Gasteiger partial charge in [0, 0.05) is 18.7 Å². The SMILES string of the molecule is CC(C)C(C)C(C)(C)c1cn(C)nn1. The van der Waals surface area contributed by atoms with Crippen LogP contribution in [0.2, 0.25) is 0 Å². The Bertz CT molecular complexity index is 299. The van der Waals surface area contributed by atoms with Gasteiger partial charge in [-0.2, -0.15) is 0 Å². The lowest BCUT2D eigenvalue weighted by Gasteiger charge is -2.32. The van der Waals surface area contributed by atoms with Crippen LogP contribution in [0.4, 0.5) is 0 Å². The van der Waals surface area contributed by atoms with E-state index < -0.39 is 0 Å². The molecule has 3 heteroatoms. The lowest BCUT2D eigenvalue weighted by atomic mass is 9.72. The maximum absolute atomic E-state index is 4.20. The van der Waals surface area contributed by atoms with Crippen LogP contribution in [0.1, 0.15) is 40.3 Å². The average Bonchev–Trinajstić information content (AvgIpc) is 2.50. The van der Waals surface area contributed by atoms with Gasteiger partial charge >= 0.3 is 0 Å². The third-order valence-corrected chi connectivity index (χ3v) is 3.40. The van der Waals surface area contributed by atoms with E-state index in [0.717, 1.165) is 5.69 Å². The Morgan fingerprint density at radius 1 is 1.29 bits per heavy atom. The van der Waals surface area contributed by atoms with Crippen molar-refractivity contribution < 1.29 is 0 Å². The van der Waals surface area contributed by atoms with E-state index in [1.807, 2.05) is 13.2 Å². The quantitative estimate of drug-likeness (QED) is 0.741. The molecule has 1 aromatic heterocycles. The molecule has 0 aromatic carbocycles. The molecule has 0 N–H and O–H groups in total. The molecule has 0 radical (unpaired) electrons. The lowest BCUT2D eigenvalue weighted by molar-refractivity contribution is 0.258. The van der Waals surface area contributed by atoms with E-state index in [1.54, 1.807) is 4.68 Å². The van der Waals surface area contributed by atoms with Gasteiger partial charge in [0.15, 0.2) is 0 Å². The van der Waals surface area contributed by atoms with Crippen LogP contribution in [-0.4, -0.2) is 15.0 Å². The number of hydrogen-bond acceptors (Lipinski definition) is 2. The fourth-order valence-electron chi connectivity index (χ4n) is 1.71. The Morgan fingerprint density at radius 3 is 2.21 bits per heavy atom. The maximum atomic E-state index is 4.20. The number of aryl methyl sites for hydroxylation is 1. The topological polar surface area (TPSA) is 30.7 Å². The van der Waals surface area contributed by atoms with Gasteiger partial charge in [-0.3, -0.25) is 4.68 Å². The lowest BCUT2D eigenvalue weighted by Crippen LogP contribution is -2.30. The largest absolute Gasteiger partial charge is 0.255 e. The molecule has 0 bridgehead atoms. The fraction of sp³-hybridized carbons (Fsp3) is 0.818. The minimum absolute atomic E-state index is 0.0996. The molecule has 0 fully saturated rings. The zero-order valence-electron chi connectivity index (χ0n) is 10.1. The molecule has 0 aliphatic rings. The second kappa shape index (κ2) is 3.71. The molecule has 1 aromatic rings. The van der Waals surface area contributed by atoms with Crippen LogP contribution < -0.4 is 0 Å². The molecule has 1 rings (SSSR count). The third kappa shape index (κ3) is 1.97. The van der Waals surface area contributed by atoms with Gasteiger partial charge in [-0.1, -0.05) is 39.8 Å². The van der Waals surface area contributed by atoms with Crippen LogP contribution >= 0.6 is 0 Å². The first-order chi connectivity index (χ1) is 6.35. The van der Waals surface area contributed by atoms with Gasteiger partial charge < -0.3 is 0 Å². The summed E-state index contributed by atoms with van der Waals surface area (Å²) < 4.78 is 1.77. The normalized spacial score (nSPS) is 14.8. The minimum Gasteiger partial charge on any atom is -0.255 e. The van der Waals surface area contributed by atoms with E-state index in [2.05, 4.69) is 44.9 Å². The second-order valence-corrected chi connectivity index (χ2v) is 5.03. The predicted octanol–water partition coefficient (Wildman–Crippen LogP) is 2.38. The summed E-state index contributed by atoms with van der Waals surface area (Å²) >= 11 is 0. The van der Waals surface area contributed by atoms with Crippen molar-refractivity contribution in [2.45, 2.75) is 40.0 Å². The number of nitrogens with zero attached hydrogens (tertiary/aromatic N) is 3. The highest BCUT2D eigenvalue weighted by Crippen LogP contribution is 2.34. The molecule has 0 amide bonds. The summed E-state index contributed by atoms with van der Waals surface area (Å²) in [6.07, 6.45) is 2.01. The number of aromatic nitrogens is 3. The van der Waals surface area contributed by atoms with E-state index in [9.17, 15) is 0 Å². The highest BCUT2D eigenvalue weighted by atomic mass is 15.4. The summed E-state index contributed by atoms with van der Waals surface area (Å²) in [6, 6.07) is 0. The summed E-state index contributed by atoms with van der Waals surface area (Å²) in [5, 5.41) is 8.20. The molecule has 0 spiro atoms. The van der Waals surface area contributed by atoms with Gasteiger partial charge in [0.1, 0.15) is 0 Å². The first-order valence-corrected chi connectivity index (χ1v) is 5.22. The molecule has 1 heterocycles. The van der Waals surface area contributed by atoms with Crippen molar-refractivity contribution in [3.63, 3.8) is 0 Å². The molecule has 80 valence electrons. The third-order valence-electron chi connectivity index (χ3n) is 3.40. The van der Waals surface area contributed by atoms with Crippen LogP contribution in [0.3, 0.4) is 0 Å². The summed E-state index contributed by atoms with van der Waals surface area (Å²) in [5.41, 5.74) is 1.18. The van der Waals surface area contributed by atoms with Crippen molar-refractivity contribution >= 4 is 0 Å². The van der Waals surface area contributed by atoms with E-state index in [-0.39, 0.29) is 5.41 Å². The summed E-state index contributed by atoms with van der Waals surface area (Å²) in [6.45, 7) is 11.3. The summed E-state index contributed by atoms with van der Waals surface area (Å²) in [5.74, 6) is 1.26. The van der Waals surface area contributed by atoms with E-state index in [4.69, 9.17) is 0 Å². The molecule has 14 heavy (non-hydrogen) atoms. The molecule has 3 nitrogen and oxygen atoms in total. The molecule has 0 aliphatic heterocycles. The average molecular weight is 195 g/mol. The van der Waals surface area contributed by atoms with Gasteiger partial charge in [-0.05, 0) is 11.8 Å². The van der Waals surface area contributed by atoms with E-state index in [0.29, 0.717) is 11.8 Å². The van der Waals surface area contributed by atoms with Gasteiger partial charge in [0.2, 0.25) is 0 Å². The van der Waals surface area contributed by atoms with Crippen LogP contribution in [-0.2, 0) is 12.5 Å². The number of hydrogen-bond donors (Lipinski definition) is 0. The van der Waals surface area contributed by atoms with Gasteiger partial charge in [-0.15, -0.1) is 5.10 Å². The van der Waals surface area contributed by atoms with E-state index in [1.165, 1.54) is 0 Å². The number of rotatable bonds is 3. The molecule has 1 unspecified atom stereocenters. The standard InChI is InChI=1S/C11H21N3/c1-8(2)9(3)11(4,5)10-7-14(6)13-12-10/h7-9H,1-6H3. The zero-order valence-corrected chi connectivity index (χ0v) is 10.1. The molecule has 0 saturated heterocycles. The molecule has 1 atom stereocenters. The highest BCUT2D eigenvalue weighted by molar-refractivity contribution is 5.10. The van der Waals surface area contributed by atoms with Crippen molar-refractivity contribution in [1.29, 1.82) is 0 Å². The van der Waals surface area contributed by atoms with Crippen molar-refractivity contribution in [1.82, 2.24) is 15.0 Å². The van der Waals surface area contributed by atoms with Crippen LogP contribution in [0, 0.1) is 11.8 Å². The molecule has 0 aliphatic carbocycles. The Morgan fingerprint density at radius 2 is 1.86 bits per heavy atom. The highest BCUT2D eigenvalue weighted by Gasteiger charge is 2.32. The monoisotopic (exact) mass is 195 g/mol. The predicted molar refractivity (Wildman–Crippen MR) is 58.0 cm³/mol. The Labute approximate surface area is 86.5 Å². The van der Waals surface area contributed by atoms with Crippen molar-refractivity contribution in [3.8, 4) is 0 Å². The van der Waals surface area contributed by atoms with Crippen molar-refractivity contribution in [2.75, 3.05) is 0 Å². The van der Waals surface area contributed by atoms with E-state index >= 15 is 0 Å². The van der Waals surface area contributed by atoms with Gasteiger partial charge in [-0.25, -0.2) is 0 Å². The Balaban J connectivity index is 2.95. The fourth-order valence-corrected chi connectivity index (χ4v) is 1.71. The molecule has 0 saturated carbocycles. The van der Waals surface area contributed by atoms with Gasteiger partial charge in [0.05, 0.1) is 5.69 Å². The first-order valence-electron chi connectivity index (χ1n) is 5.22. The smallest absolute Gasteiger partial charge is 0.0885 e. The summed E-state index contributed by atoms with van der Waals surface area (Å²) in [4.78, 5) is 0. The van der Waals surface area contributed by atoms with Crippen LogP contribution in [0.25, 0.3) is 0 Å². The van der Waals surface area contributed by atoms with Gasteiger partial charge in [0.25, 0.3) is 0 Å². The first kappa shape index (κ1) is 11.2. The van der Waals surface area contributed by atoms with Crippen molar-refractivity contribution in [3.05, 3.63) is 11.9 Å². The van der Waals surface area contributed by atoms with Crippen LogP contribution in [0.15, 0.2) is 6.20 Å². The Kier molecular flexibility index (Phi) is 2.98. The second-order valence-electron chi connectivity index (χ2n) is 5.03.